The van der Waals surface area contributed by atoms with E-state index >= 15 is 0 Å². The molecule has 1 fully saturated rings. The van der Waals surface area contributed by atoms with Crippen LogP contribution in [0.5, 0.6) is 0 Å². The smallest absolute Gasteiger partial charge is 0.329 e. The van der Waals surface area contributed by atoms with Crippen molar-refractivity contribution in [2.24, 2.45) is 0 Å². The molecule has 0 spiro atoms. The van der Waals surface area contributed by atoms with Crippen molar-refractivity contribution in [1.82, 2.24) is 10.3 Å². The number of hydrogen-bond donors (Lipinski definition) is 2. The maximum Gasteiger partial charge on any atom is 0.329 e. The van der Waals surface area contributed by atoms with E-state index < -0.39 is 11.5 Å². The van der Waals surface area contributed by atoms with E-state index in [1.54, 1.807) is 0 Å². The molecule has 1 aliphatic rings. The first-order valence-electron chi connectivity index (χ1n) is 8.01. The third-order valence-corrected chi connectivity index (χ3v) is 5.45. The van der Waals surface area contributed by atoms with Gasteiger partial charge in [0.05, 0.1) is 10.7 Å². The second-order valence-electron chi connectivity index (χ2n) is 6.03. The Kier molecular flexibility index (Phi) is 5.56. The molecule has 122 valence electrons. The number of carboxylic acid groups (broad SMARTS) is 1. The number of amides is 1. The van der Waals surface area contributed by atoms with Gasteiger partial charge in [0, 0.05) is 0 Å². The van der Waals surface area contributed by atoms with Crippen LogP contribution in [0.4, 0.5) is 0 Å². The van der Waals surface area contributed by atoms with Crippen LogP contribution in [0.15, 0.2) is 0 Å². The van der Waals surface area contributed by atoms with E-state index in [1.807, 2.05) is 6.92 Å². The highest BCUT2D eigenvalue weighted by molar-refractivity contribution is 7.13. The topological polar surface area (TPSA) is 79.3 Å². The van der Waals surface area contributed by atoms with Gasteiger partial charge in [0.15, 0.2) is 0 Å². The summed E-state index contributed by atoms with van der Waals surface area (Å²) in [6.07, 6.45) is 6.60. The molecule has 0 bridgehead atoms. The maximum atomic E-state index is 12.6. The van der Waals surface area contributed by atoms with Crippen LogP contribution in [-0.2, 0) is 11.2 Å². The van der Waals surface area contributed by atoms with Gasteiger partial charge in [-0.3, -0.25) is 4.79 Å². The number of thiazole rings is 1. The summed E-state index contributed by atoms with van der Waals surface area (Å²) in [5.74, 6) is -1.21. The van der Waals surface area contributed by atoms with Gasteiger partial charge in [0.1, 0.15) is 10.4 Å². The number of nitrogens with one attached hydrogen (secondary N) is 1. The lowest BCUT2D eigenvalue weighted by Crippen LogP contribution is -2.54. The van der Waals surface area contributed by atoms with Crippen molar-refractivity contribution < 1.29 is 14.7 Å². The van der Waals surface area contributed by atoms with Crippen molar-refractivity contribution in [3.8, 4) is 0 Å². The molecule has 2 N–H and O–H groups in total. The van der Waals surface area contributed by atoms with Crippen molar-refractivity contribution in [3.63, 3.8) is 0 Å². The van der Waals surface area contributed by atoms with Crippen molar-refractivity contribution in [1.29, 1.82) is 0 Å². The van der Waals surface area contributed by atoms with Gasteiger partial charge in [0.25, 0.3) is 5.91 Å². The lowest BCUT2D eigenvalue weighted by Gasteiger charge is -2.29. The zero-order chi connectivity index (χ0) is 16.2. The summed E-state index contributed by atoms with van der Waals surface area (Å²) < 4.78 is 0. The molecule has 22 heavy (non-hydrogen) atoms. The van der Waals surface area contributed by atoms with Crippen LogP contribution in [0.25, 0.3) is 0 Å². The molecule has 0 saturated heterocycles. The number of aliphatic carboxylic acids is 1. The molecule has 0 unspecified atom stereocenters. The predicted octanol–water partition coefficient (Wildman–Crippen LogP) is 3.31. The molecule has 1 amide bonds. The summed E-state index contributed by atoms with van der Waals surface area (Å²) in [4.78, 5) is 29.3. The van der Waals surface area contributed by atoms with Crippen LogP contribution in [0.2, 0.25) is 0 Å². The van der Waals surface area contributed by atoms with Crippen molar-refractivity contribution >= 4 is 23.2 Å². The Morgan fingerprint density at radius 2 is 1.91 bits per heavy atom. The Hall–Kier alpha value is -1.43. The fraction of sp³-hybridized carbons (Fsp3) is 0.688. The molecule has 0 aromatic carbocycles. The Labute approximate surface area is 135 Å². The lowest BCUT2D eigenvalue weighted by atomic mass is 9.90. The minimum Gasteiger partial charge on any atom is -0.480 e. The van der Waals surface area contributed by atoms with Crippen molar-refractivity contribution in [2.45, 2.75) is 70.8 Å². The van der Waals surface area contributed by atoms with Gasteiger partial charge in [-0.25, -0.2) is 9.78 Å². The van der Waals surface area contributed by atoms with Gasteiger partial charge >= 0.3 is 5.97 Å². The first-order valence-corrected chi connectivity index (χ1v) is 8.82. The Balaban J connectivity index is 2.19. The molecule has 1 aromatic rings. The fourth-order valence-electron chi connectivity index (χ4n) is 2.98. The van der Waals surface area contributed by atoms with E-state index in [0.29, 0.717) is 23.4 Å². The van der Waals surface area contributed by atoms with E-state index in [9.17, 15) is 14.7 Å². The number of hydrogen-bond acceptors (Lipinski definition) is 4. The standard InChI is InChI=1S/C16H24N2O3S/c1-3-8-12-17-11(2)13(22-12)14(19)18-16(15(20)21)9-6-4-5-7-10-16/h3-10H2,1-2H3,(H,18,19)(H,20,21). The van der Waals surface area contributed by atoms with Gasteiger partial charge in [-0.05, 0) is 32.6 Å². The molecular formula is C16H24N2O3S. The van der Waals surface area contributed by atoms with E-state index in [1.165, 1.54) is 11.3 Å². The lowest BCUT2D eigenvalue weighted by molar-refractivity contribution is -0.145. The SMILES string of the molecule is CCCc1nc(C)c(C(=O)NC2(C(=O)O)CCCCCC2)s1. The number of carbonyl (C=O) groups is 2. The molecule has 1 saturated carbocycles. The largest absolute Gasteiger partial charge is 0.480 e. The van der Waals surface area contributed by atoms with Gasteiger partial charge in [-0.2, -0.15) is 0 Å². The number of aryl methyl sites for hydroxylation is 2. The van der Waals surface area contributed by atoms with Gasteiger partial charge in [-0.1, -0.05) is 32.6 Å². The van der Waals surface area contributed by atoms with Crippen LogP contribution in [-0.4, -0.2) is 27.5 Å². The van der Waals surface area contributed by atoms with Crippen LogP contribution in [0, 0.1) is 6.92 Å². The van der Waals surface area contributed by atoms with Gasteiger partial charge in [-0.15, -0.1) is 11.3 Å². The minimum atomic E-state index is -1.12. The zero-order valence-electron chi connectivity index (χ0n) is 13.3. The molecule has 1 aliphatic carbocycles. The number of aromatic nitrogens is 1. The van der Waals surface area contributed by atoms with Gasteiger partial charge < -0.3 is 10.4 Å². The van der Waals surface area contributed by atoms with Crippen LogP contribution in [0.3, 0.4) is 0 Å². The average molecular weight is 324 g/mol. The quantitative estimate of drug-likeness (QED) is 0.814. The van der Waals surface area contributed by atoms with E-state index in [4.69, 9.17) is 0 Å². The molecule has 1 heterocycles. The maximum absolute atomic E-state index is 12.6. The van der Waals surface area contributed by atoms with Gasteiger partial charge in [0.2, 0.25) is 0 Å². The summed E-state index contributed by atoms with van der Waals surface area (Å²) in [7, 11) is 0. The van der Waals surface area contributed by atoms with Crippen LogP contribution < -0.4 is 5.32 Å². The number of carbonyl (C=O) groups excluding carboxylic acids is 1. The zero-order valence-corrected chi connectivity index (χ0v) is 14.1. The second-order valence-corrected chi connectivity index (χ2v) is 7.11. The number of nitrogens with zero attached hydrogens (tertiary/aromatic N) is 1. The molecule has 1 aromatic heterocycles. The molecular weight excluding hydrogens is 300 g/mol. The second kappa shape index (κ2) is 7.22. The first-order chi connectivity index (χ1) is 10.5. The highest BCUT2D eigenvalue weighted by Crippen LogP contribution is 2.29. The monoisotopic (exact) mass is 324 g/mol. The normalized spacial score (nSPS) is 17.7. The third kappa shape index (κ3) is 3.66. The molecule has 5 nitrogen and oxygen atoms in total. The number of carboxylic acids is 1. The highest BCUT2D eigenvalue weighted by Gasteiger charge is 2.40. The first kappa shape index (κ1) is 16.9. The average Bonchev–Trinajstić information content (AvgIpc) is 2.69. The molecule has 0 atom stereocenters. The molecule has 0 radical (unpaired) electrons. The Bertz CT molecular complexity index is 546. The van der Waals surface area contributed by atoms with Crippen molar-refractivity contribution in [2.75, 3.05) is 0 Å². The third-order valence-electron chi connectivity index (χ3n) is 4.23. The summed E-state index contributed by atoms with van der Waals surface area (Å²) >= 11 is 1.38. The van der Waals surface area contributed by atoms with E-state index in [-0.39, 0.29) is 5.91 Å². The van der Waals surface area contributed by atoms with Crippen LogP contribution >= 0.6 is 11.3 Å². The fourth-order valence-corrected chi connectivity index (χ4v) is 4.04. The summed E-state index contributed by atoms with van der Waals surface area (Å²) in [5, 5.41) is 13.4. The number of rotatable bonds is 5. The summed E-state index contributed by atoms with van der Waals surface area (Å²) in [6, 6.07) is 0. The molecule has 2 rings (SSSR count). The Morgan fingerprint density at radius 1 is 1.27 bits per heavy atom. The minimum absolute atomic E-state index is 0.290. The van der Waals surface area contributed by atoms with Crippen molar-refractivity contribution in [3.05, 3.63) is 15.6 Å². The highest BCUT2D eigenvalue weighted by atomic mass is 32.1. The molecule has 0 aliphatic heterocycles. The predicted molar refractivity (Wildman–Crippen MR) is 86.4 cm³/mol. The van der Waals surface area contributed by atoms with E-state index in [2.05, 4.69) is 17.2 Å². The van der Waals surface area contributed by atoms with Crippen LogP contribution in [0.1, 0.15) is 72.2 Å². The summed E-state index contributed by atoms with van der Waals surface area (Å²) in [5.41, 5.74) is -0.422. The van der Waals surface area contributed by atoms with E-state index in [0.717, 1.165) is 43.5 Å². The summed E-state index contributed by atoms with van der Waals surface area (Å²) in [6.45, 7) is 3.88. The molecule has 6 heteroatoms. The Morgan fingerprint density at radius 3 is 2.45 bits per heavy atom.